The number of hydrogen-bond donors (Lipinski definition) is 1. The minimum Gasteiger partial charge on any atom is -0.342 e. The summed E-state index contributed by atoms with van der Waals surface area (Å²) in [6.45, 7) is 2.04. The highest BCUT2D eigenvalue weighted by atomic mass is 35.5. The fraction of sp³-hybridized carbons (Fsp3) is 0.0870. The molecule has 0 saturated carbocycles. The molecule has 0 radical (unpaired) electrons. The number of nitrogens with one attached hydrogen (secondary N) is 1. The van der Waals surface area contributed by atoms with E-state index in [1.54, 1.807) is 24.3 Å². The molecule has 3 rings (SSSR count). The van der Waals surface area contributed by atoms with Crippen molar-refractivity contribution in [3.63, 3.8) is 0 Å². The Morgan fingerprint density at radius 2 is 1.67 bits per heavy atom. The monoisotopic (exact) mass is 395 g/mol. The van der Waals surface area contributed by atoms with Crippen molar-refractivity contribution in [3.05, 3.63) is 111 Å². The maximum absolute atomic E-state index is 12.6. The van der Waals surface area contributed by atoms with Gasteiger partial charge in [-0.1, -0.05) is 83.9 Å². The molecular weight excluding hydrogens is 377 g/mol. The minimum absolute atomic E-state index is 0.196. The van der Waals surface area contributed by atoms with Gasteiger partial charge in [-0.15, -0.1) is 0 Å². The summed E-state index contributed by atoms with van der Waals surface area (Å²) in [5.74, 6) is -0.196. The van der Waals surface area contributed by atoms with Gasteiger partial charge in [0.1, 0.15) is 0 Å². The van der Waals surface area contributed by atoms with E-state index in [9.17, 15) is 4.79 Å². The van der Waals surface area contributed by atoms with Gasteiger partial charge in [-0.3, -0.25) is 4.79 Å². The average molecular weight is 396 g/mol. The first-order valence-electron chi connectivity index (χ1n) is 8.58. The van der Waals surface area contributed by atoms with Gasteiger partial charge in [-0.25, -0.2) is 0 Å². The molecule has 27 heavy (non-hydrogen) atoms. The molecule has 1 atom stereocenters. The van der Waals surface area contributed by atoms with Crippen LogP contribution in [-0.2, 0) is 4.79 Å². The van der Waals surface area contributed by atoms with Gasteiger partial charge in [0.05, 0.1) is 6.04 Å². The summed E-state index contributed by atoms with van der Waals surface area (Å²) >= 11 is 12.1. The second-order valence-corrected chi connectivity index (χ2v) is 7.05. The van der Waals surface area contributed by atoms with Crippen molar-refractivity contribution in [1.29, 1.82) is 0 Å². The third kappa shape index (κ3) is 5.00. The van der Waals surface area contributed by atoms with Crippen LogP contribution in [0.15, 0.2) is 78.9 Å². The Bertz CT molecular complexity index is 967. The van der Waals surface area contributed by atoms with Crippen molar-refractivity contribution < 1.29 is 4.79 Å². The molecule has 1 N–H and O–H groups in total. The van der Waals surface area contributed by atoms with Crippen LogP contribution in [0.2, 0.25) is 10.0 Å². The fourth-order valence-corrected chi connectivity index (χ4v) is 3.36. The van der Waals surface area contributed by atoms with Crippen molar-refractivity contribution in [2.75, 3.05) is 0 Å². The van der Waals surface area contributed by atoms with Crippen LogP contribution in [0.5, 0.6) is 0 Å². The highest BCUT2D eigenvalue weighted by molar-refractivity contribution is 6.35. The maximum atomic E-state index is 12.6. The zero-order valence-corrected chi connectivity index (χ0v) is 16.3. The Kier molecular flexibility index (Phi) is 6.33. The van der Waals surface area contributed by atoms with E-state index in [-0.39, 0.29) is 11.9 Å². The summed E-state index contributed by atoms with van der Waals surface area (Å²) < 4.78 is 0. The van der Waals surface area contributed by atoms with Crippen molar-refractivity contribution in [2.24, 2.45) is 0 Å². The van der Waals surface area contributed by atoms with Gasteiger partial charge < -0.3 is 5.32 Å². The number of rotatable bonds is 5. The van der Waals surface area contributed by atoms with Crippen LogP contribution in [0.4, 0.5) is 0 Å². The smallest absolute Gasteiger partial charge is 0.244 e. The Hall–Kier alpha value is -2.55. The summed E-state index contributed by atoms with van der Waals surface area (Å²) in [4.78, 5) is 12.6. The Morgan fingerprint density at radius 3 is 2.37 bits per heavy atom. The number of amides is 1. The summed E-state index contributed by atoms with van der Waals surface area (Å²) in [7, 11) is 0. The lowest BCUT2D eigenvalue weighted by molar-refractivity contribution is -0.116. The van der Waals surface area contributed by atoms with Crippen molar-refractivity contribution >= 4 is 35.2 Å². The zero-order valence-electron chi connectivity index (χ0n) is 14.8. The van der Waals surface area contributed by atoms with Crippen LogP contribution >= 0.6 is 23.2 Å². The molecular formula is C23H19Cl2NO. The molecule has 2 nitrogen and oxygen atoms in total. The van der Waals surface area contributed by atoms with E-state index in [1.807, 2.05) is 61.5 Å². The number of carbonyl (C=O) groups excluding carboxylic acids is 1. The molecule has 0 aromatic heterocycles. The van der Waals surface area contributed by atoms with E-state index >= 15 is 0 Å². The Balaban J connectivity index is 1.85. The largest absolute Gasteiger partial charge is 0.342 e. The van der Waals surface area contributed by atoms with Gasteiger partial charge in [0.15, 0.2) is 0 Å². The van der Waals surface area contributed by atoms with E-state index in [0.717, 1.165) is 22.3 Å². The molecule has 0 heterocycles. The lowest BCUT2D eigenvalue weighted by atomic mass is 9.95. The molecule has 0 aliphatic heterocycles. The molecule has 1 amide bonds. The molecule has 0 aliphatic carbocycles. The van der Waals surface area contributed by atoms with Gasteiger partial charge in [0.2, 0.25) is 5.91 Å². The Morgan fingerprint density at radius 1 is 0.963 bits per heavy atom. The van der Waals surface area contributed by atoms with E-state index in [4.69, 9.17) is 23.2 Å². The fourth-order valence-electron chi connectivity index (χ4n) is 2.89. The van der Waals surface area contributed by atoms with Crippen LogP contribution < -0.4 is 5.32 Å². The van der Waals surface area contributed by atoms with Gasteiger partial charge in [0.25, 0.3) is 0 Å². The summed E-state index contributed by atoms with van der Waals surface area (Å²) in [5, 5.41) is 4.16. The summed E-state index contributed by atoms with van der Waals surface area (Å²) in [6.07, 6.45) is 3.18. The number of benzene rings is 3. The maximum Gasteiger partial charge on any atom is 0.244 e. The van der Waals surface area contributed by atoms with E-state index in [1.165, 1.54) is 6.08 Å². The second kappa shape index (κ2) is 8.90. The third-order valence-electron chi connectivity index (χ3n) is 4.30. The third-order valence-corrected chi connectivity index (χ3v) is 4.86. The van der Waals surface area contributed by atoms with E-state index < -0.39 is 0 Å². The molecule has 0 bridgehead atoms. The highest BCUT2D eigenvalue weighted by Crippen LogP contribution is 2.25. The predicted octanol–water partition coefficient (Wildman–Crippen LogP) is 6.22. The first-order valence-corrected chi connectivity index (χ1v) is 9.34. The average Bonchev–Trinajstić information content (AvgIpc) is 2.67. The normalized spacial score (nSPS) is 12.1. The first kappa shape index (κ1) is 19.2. The number of carbonyl (C=O) groups is 1. The molecule has 4 heteroatoms. The molecule has 0 unspecified atom stereocenters. The van der Waals surface area contributed by atoms with Crippen LogP contribution in [0.1, 0.15) is 28.3 Å². The number of hydrogen-bond acceptors (Lipinski definition) is 1. The second-order valence-electron chi connectivity index (χ2n) is 6.21. The van der Waals surface area contributed by atoms with Crippen molar-refractivity contribution in [3.8, 4) is 0 Å². The Labute approximate surface area is 169 Å². The van der Waals surface area contributed by atoms with Gasteiger partial charge in [-0.05, 0) is 47.4 Å². The summed E-state index contributed by atoms with van der Waals surface area (Å²) in [6, 6.07) is 22.9. The topological polar surface area (TPSA) is 29.1 Å². The van der Waals surface area contributed by atoms with Crippen LogP contribution in [-0.4, -0.2) is 5.91 Å². The molecule has 136 valence electrons. The molecule has 0 spiro atoms. The van der Waals surface area contributed by atoms with Crippen LogP contribution in [0.3, 0.4) is 0 Å². The highest BCUT2D eigenvalue weighted by Gasteiger charge is 2.17. The molecule has 0 aliphatic rings. The minimum atomic E-state index is -0.231. The zero-order chi connectivity index (χ0) is 19.2. The lowest BCUT2D eigenvalue weighted by Crippen LogP contribution is -2.28. The number of aryl methyl sites for hydroxylation is 1. The van der Waals surface area contributed by atoms with Crippen LogP contribution in [0, 0.1) is 6.92 Å². The van der Waals surface area contributed by atoms with Gasteiger partial charge in [-0.2, -0.15) is 0 Å². The predicted molar refractivity (Wildman–Crippen MR) is 113 cm³/mol. The molecule has 0 fully saturated rings. The first-order chi connectivity index (χ1) is 13.0. The van der Waals surface area contributed by atoms with E-state index in [2.05, 4.69) is 5.32 Å². The SMILES string of the molecule is Cc1ccccc1[C@@H](NC(=O)/C=C/c1ccc(Cl)cc1Cl)c1ccccc1. The quantitative estimate of drug-likeness (QED) is 0.510. The lowest BCUT2D eigenvalue weighted by Gasteiger charge is -2.21. The standard InChI is InChI=1S/C23H19Cl2NO/c1-16-7-5-6-10-20(16)23(18-8-3-2-4-9-18)26-22(27)14-12-17-11-13-19(24)15-21(17)25/h2-15,23H,1H3,(H,26,27)/b14-12+/t23-/m0/s1. The summed E-state index contributed by atoms with van der Waals surface area (Å²) in [5.41, 5.74) is 3.95. The van der Waals surface area contributed by atoms with E-state index in [0.29, 0.717) is 10.0 Å². The molecule has 0 saturated heterocycles. The van der Waals surface area contributed by atoms with Crippen molar-refractivity contribution in [1.82, 2.24) is 5.32 Å². The number of halogens is 2. The van der Waals surface area contributed by atoms with Gasteiger partial charge >= 0.3 is 0 Å². The molecule has 3 aromatic rings. The van der Waals surface area contributed by atoms with Crippen molar-refractivity contribution in [2.45, 2.75) is 13.0 Å². The molecule has 3 aromatic carbocycles. The van der Waals surface area contributed by atoms with Gasteiger partial charge in [0, 0.05) is 16.1 Å². The van der Waals surface area contributed by atoms with Crippen LogP contribution in [0.25, 0.3) is 6.08 Å².